The second kappa shape index (κ2) is 32.6. The SMILES string of the molecule is C=CCC[C@@](OCc1ccccc1)(c1nnc(-c2nc(O[C@H](C)CC=C)c(C(F)(F)F)cc2N(C(=O)OC(C)(C)C)C(=O)OC(C)(C)C)o1)C(F)(F)F.C[C@@H]1CC=CCC[C@](OCc2ccccc2)(C(F)(F)F)c2nnc(o2)-c2nc(c(C(F)(F)F)cc2N(C(=O)OC(C)(C)C)C(=O)OC(C)(C)C)O1. The Bertz CT molecular complexity index is 3930. The monoisotopic (exact) mass is 1480 g/mol. The van der Waals surface area contributed by atoms with E-state index >= 15 is 26.3 Å². The van der Waals surface area contributed by atoms with E-state index in [0.717, 1.165) is 0 Å². The van der Waals surface area contributed by atoms with Crippen LogP contribution in [0.25, 0.3) is 23.2 Å². The van der Waals surface area contributed by atoms with E-state index in [0.29, 0.717) is 23.3 Å². The molecule has 22 nitrogen and oxygen atoms in total. The van der Waals surface area contributed by atoms with Crippen molar-refractivity contribution in [3.8, 4) is 34.9 Å². The van der Waals surface area contributed by atoms with Crippen molar-refractivity contribution in [3.05, 3.63) is 144 Å². The molecule has 34 heteroatoms. The number of carbonyl (C=O) groups is 4. The van der Waals surface area contributed by atoms with Crippen LogP contribution in [0.1, 0.15) is 169 Å². The fourth-order valence-electron chi connectivity index (χ4n) is 9.39. The fraction of sp³-hybridized carbons (Fsp3) is 0.486. The highest BCUT2D eigenvalue weighted by Gasteiger charge is 2.62. The number of carbonyl (C=O) groups excluding carboxylic acids is 4. The smallest absolute Gasteiger partial charge is 0.426 e. The Kier molecular flexibility index (Phi) is 26.1. The first-order valence-corrected chi connectivity index (χ1v) is 32.1. The average molecular weight is 1490 g/mol. The van der Waals surface area contributed by atoms with Gasteiger partial charge in [-0.1, -0.05) is 85.0 Å². The molecule has 104 heavy (non-hydrogen) atoms. The average Bonchev–Trinajstić information content (AvgIpc) is 1.50. The van der Waals surface area contributed by atoms with Gasteiger partial charge >= 0.3 is 49.1 Å². The number of fused-ring (bicyclic) bond motifs is 5. The van der Waals surface area contributed by atoms with Crippen molar-refractivity contribution in [3.63, 3.8) is 0 Å². The van der Waals surface area contributed by atoms with Gasteiger partial charge in [0.05, 0.1) is 24.6 Å². The van der Waals surface area contributed by atoms with Crippen LogP contribution in [0.15, 0.2) is 119 Å². The topological polar surface area (TPSA) is 252 Å². The zero-order valence-electron chi connectivity index (χ0n) is 59.3. The van der Waals surface area contributed by atoms with E-state index in [1.54, 1.807) is 48.5 Å². The van der Waals surface area contributed by atoms with Crippen LogP contribution in [-0.2, 0) is 65.2 Å². The predicted molar refractivity (Wildman–Crippen MR) is 350 cm³/mol. The second-order valence-corrected chi connectivity index (χ2v) is 27.5. The van der Waals surface area contributed by atoms with Crippen molar-refractivity contribution >= 4 is 35.7 Å². The molecular formula is C70H80F12N8O14. The van der Waals surface area contributed by atoms with Gasteiger partial charge in [0.1, 0.15) is 45.7 Å². The van der Waals surface area contributed by atoms with Crippen LogP contribution in [0.4, 0.5) is 83.2 Å². The summed E-state index contributed by atoms with van der Waals surface area (Å²) < 4.78 is 233. The highest BCUT2D eigenvalue weighted by molar-refractivity contribution is 6.12. The Morgan fingerprint density at radius 2 is 1.07 bits per heavy atom. The number of rotatable bonds is 17. The Balaban J connectivity index is 0.000000327. The third-order valence-corrected chi connectivity index (χ3v) is 14.0. The molecule has 568 valence electrons. The van der Waals surface area contributed by atoms with Crippen molar-refractivity contribution in [2.75, 3.05) is 9.80 Å². The van der Waals surface area contributed by atoms with E-state index in [4.69, 9.17) is 46.7 Å². The Morgan fingerprint density at radius 3 is 1.52 bits per heavy atom. The van der Waals surface area contributed by atoms with Crippen molar-refractivity contribution < 1.29 is 119 Å². The summed E-state index contributed by atoms with van der Waals surface area (Å²) in [4.78, 5) is 62.5. The lowest BCUT2D eigenvalue weighted by atomic mass is 9.95. The van der Waals surface area contributed by atoms with E-state index in [-0.39, 0.29) is 35.5 Å². The maximum absolute atomic E-state index is 15.2. The molecule has 0 aliphatic carbocycles. The minimum absolute atomic E-state index is 0.0275. The third-order valence-electron chi connectivity index (χ3n) is 14.0. The van der Waals surface area contributed by atoms with Crippen molar-refractivity contribution in [2.24, 2.45) is 0 Å². The molecule has 0 saturated carbocycles. The largest absolute Gasteiger partial charge is 0.474 e. The summed E-state index contributed by atoms with van der Waals surface area (Å²) in [7, 11) is 0. The van der Waals surface area contributed by atoms with Crippen LogP contribution in [-0.4, -0.2) is 102 Å². The maximum atomic E-state index is 15.2. The molecule has 6 aromatic rings. The molecule has 4 atom stereocenters. The zero-order chi connectivity index (χ0) is 78.0. The van der Waals surface area contributed by atoms with E-state index < -0.39 is 190 Å². The van der Waals surface area contributed by atoms with Gasteiger partial charge < -0.3 is 46.7 Å². The molecule has 5 heterocycles. The van der Waals surface area contributed by atoms with Gasteiger partial charge in [-0.05, 0) is 146 Å². The number of imide groups is 2. The van der Waals surface area contributed by atoms with Crippen molar-refractivity contribution in [1.82, 2.24) is 30.4 Å². The van der Waals surface area contributed by atoms with Gasteiger partial charge in [0.15, 0.2) is 11.4 Å². The molecule has 4 amide bonds. The molecule has 1 aliphatic rings. The number of alkyl halides is 12. The summed E-state index contributed by atoms with van der Waals surface area (Å²) in [5, 5.41) is 14.7. The van der Waals surface area contributed by atoms with Crippen LogP contribution in [0.3, 0.4) is 0 Å². The van der Waals surface area contributed by atoms with E-state index in [9.17, 15) is 45.5 Å². The first kappa shape index (κ1) is 83.3. The molecule has 0 fully saturated rings. The normalized spacial score (nSPS) is 16.4. The minimum Gasteiger partial charge on any atom is -0.474 e. The molecule has 0 radical (unpaired) electrons. The number of halogens is 12. The van der Waals surface area contributed by atoms with Gasteiger partial charge in [-0.3, -0.25) is 0 Å². The molecule has 4 bridgehead atoms. The lowest BCUT2D eigenvalue weighted by Crippen LogP contribution is -2.45. The second-order valence-electron chi connectivity index (χ2n) is 27.5. The number of nitrogens with zero attached hydrogens (tertiary/aromatic N) is 8. The van der Waals surface area contributed by atoms with Crippen LogP contribution < -0.4 is 19.3 Å². The maximum Gasteiger partial charge on any atom is 0.426 e. The number of ether oxygens (including phenoxy) is 8. The molecule has 0 saturated heterocycles. The standard InChI is InChI=1S/C36H42F6N4O7.C34H38F6N4O7/c1-10-12-19-34(36(40,41)42,49-21-23-17-14-13-15-18-23)29-45-44-28(51-29)26-25(20-24(35(37,38)39)27(43-26)50-22(3)16-11-2)46(30(47)52-32(4,5)6)31(48)53-33(7,8)9;1-20-14-10-9-13-17-32(34(38,39)40,47-19-21-15-11-8-12-16-21)27-43-42-26(49-27)24-23(18-22(33(35,36)37)25(41-24)48-20)44(28(45)50-30(2,3)4)29(46)51-31(5,6)7/h10-11,13-15,17-18,20,22H,1-2,12,16,19,21H2,3-9H3;8-12,15-16,18,20H,13-14,17,19H2,1-7H3/t22-,34-;20-,32-/m11/s1. The van der Waals surface area contributed by atoms with Crippen molar-refractivity contribution in [1.29, 1.82) is 0 Å². The fourth-order valence-corrected chi connectivity index (χ4v) is 9.39. The van der Waals surface area contributed by atoms with Crippen LogP contribution in [0.2, 0.25) is 0 Å². The number of aromatic nitrogens is 6. The Hall–Kier alpha value is -9.60. The Morgan fingerprint density at radius 1 is 0.606 bits per heavy atom. The van der Waals surface area contributed by atoms with Gasteiger partial charge in [0.2, 0.25) is 23.0 Å². The van der Waals surface area contributed by atoms with Crippen LogP contribution in [0.5, 0.6) is 11.8 Å². The number of amides is 4. The number of benzene rings is 2. The molecular weight excluding hydrogens is 1400 g/mol. The van der Waals surface area contributed by atoms with E-state index in [1.165, 1.54) is 133 Å². The van der Waals surface area contributed by atoms with E-state index in [2.05, 4.69) is 43.5 Å². The highest BCUT2D eigenvalue weighted by atomic mass is 19.4. The number of pyridine rings is 2. The van der Waals surface area contributed by atoms with Gasteiger partial charge in [-0.2, -0.15) is 62.5 Å². The highest BCUT2D eigenvalue weighted by Crippen LogP contribution is 2.51. The van der Waals surface area contributed by atoms with Crippen LogP contribution >= 0.6 is 0 Å². The Labute approximate surface area is 591 Å². The van der Waals surface area contributed by atoms with Gasteiger partial charge in [-0.25, -0.2) is 29.1 Å². The van der Waals surface area contributed by atoms with E-state index in [1.807, 2.05) is 0 Å². The molecule has 1 aliphatic heterocycles. The summed E-state index contributed by atoms with van der Waals surface area (Å²) in [6.45, 7) is 25.9. The molecule has 0 N–H and O–H groups in total. The lowest BCUT2D eigenvalue weighted by molar-refractivity contribution is -0.299. The third kappa shape index (κ3) is 22.0. The zero-order valence-corrected chi connectivity index (χ0v) is 59.3. The molecule has 0 unspecified atom stereocenters. The molecule has 0 spiro atoms. The first-order chi connectivity index (χ1) is 47.9. The summed E-state index contributed by atoms with van der Waals surface area (Å²) in [5.74, 6) is -6.18. The quantitative estimate of drug-likeness (QED) is 0.0467. The summed E-state index contributed by atoms with van der Waals surface area (Å²) in [5.41, 5.74) is -17.6. The predicted octanol–water partition coefficient (Wildman–Crippen LogP) is 19.4. The van der Waals surface area contributed by atoms with Gasteiger partial charge in [0, 0.05) is 12.8 Å². The first-order valence-electron chi connectivity index (χ1n) is 32.1. The number of anilines is 2. The summed E-state index contributed by atoms with van der Waals surface area (Å²) in [6.07, 6.45) is -25.2. The number of hydrogen-bond acceptors (Lipinski definition) is 20. The summed E-state index contributed by atoms with van der Waals surface area (Å²) >= 11 is 0. The number of hydrogen-bond donors (Lipinski definition) is 0. The van der Waals surface area contributed by atoms with Gasteiger partial charge in [-0.15, -0.1) is 33.6 Å². The molecule has 2 aromatic carbocycles. The minimum atomic E-state index is -5.21. The summed E-state index contributed by atoms with van der Waals surface area (Å²) in [6, 6.07) is 16.6. The molecule has 4 aromatic heterocycles. The van der Waals surface area contributed by atoms with Gasteiger partial charge in [0.25, 0.3) is 23.6 Å². The lowest BCUT2D eigenvalue weighted by Gasteiger charge is -2.32. The van der Waals surface area contributed by atoms with Crippen molar-refractivity contribution in [2.45, 2.75) is 219 Å². The molecule has 7 rings (SSSR count). The van der Waals surface area contributed by atoms with Crippen LogP contribution in [0, 0.1) is 0 Å². The number of allylic oxidation sites excluding steroid dienone is 2.